The third-order valence-electron chi connectivity index (χ3n) is 6.79. The fraction of sp³-hybridized carbons (Fsp3) is 0.957. The Bertz CT molecular complexity index is 612. The molecule has 0 aromatic carbocycles. The molecule has 0 aromatic rings. The van der Waals surface area contributed by atoms with Crippen LogP contribution in [0.25, 0.3) is 0 Å². The average Bonchev–Trinajstić information content (AvgIpc) is 2.56. The Balaban J connectivity index is 1.90. The van der Waals surface area contributed by atoms with Gasteiger partial charge >= 0.3 is 5.97 Å². The number of carbonyl (C=O) groups is 1. The number of carbonyl (C=O) groups excluding carboxylic acids is 1. The predicted octanol–water partition coefficient (Wildman–Crippen LogP) is 3.71. The summed E-state index contributed by atoms with van der Waals surface area (Å²) in [6.45, 7) is 17.2. The van der Waals surface area contributed by atoms with Gasteiger partial charge in [-0.2, -0.15) is 10.1 Å². The van der Waals surface area contributed by atoms with E-state index in [-0.39, 0.29) is 24.6 Å². The number of hydroxylamine groups is 4. The van der Waals surface area contributed by atoms with E-state index < -0.39 is 34.4 Å². The number of rotatable bonds is 6. The summed E-state index contributed by atoms with van der Waals surface area (Å²) in [5, 5.41) is 34.0. The molecule has 0 aromatic heterocycles. The summed E-state index contributed by atoms with van der Waals surface area (Å²) in [5.74, 6) is -0.885. The second-order valence-electron chi connectivity index (χ2n) is 12.1. The number of hydrogen-bond acceptors (Lipinski definition) is 8. The van der Waals surface area contributed by atoms with Crippen molar-refractivity contribution in [3.8, 4) is 0 Å². The SMILES string of the molecule is CC(CC(O)OC1CC(C)(C)N(O)C(C)(C)C1)C(=O)OC1CC(C)(C)N(O)C(C)(C)C1. The van der Waals surface area contributed by atoms with Crippen molar-refractivity contribution in [1.82, 2.24) is 10.1 Å². The van der Waals surface area contributed by atoms with E-state index in [1.165, 1.54) is 10.1 Å². The van der Waals surface area contributed by atoms with Gasteiger partial charge in [-0.05, 0) is 68.2 Å². The number of esters is 1. The molecule has 2 fully saturated rings. The highest BCUT2D eigenvalue weighted by atomic mass is 16.6. The first-order chi connectivity index (χ1) is 13.9. The van der Waals surface area contributed by atoms with Crippen molar-refractivity contribution in [3.05, 3.63) is 0 Å². The zero-order valence-electron chi connectivity index (χ0n) is 20.8. The minimum atomic E-state index is -1.09. The lowest BCUT2D eigenvalue weighted by Gasteiger charge is -2.51. The smallest absolute Gasteiger partial charge is 0.309 e. The molecule has 2 saturated heterocycles. The number of aliphatic hydroxyl groups is 1. The van der Waals surface area contributed by atoms with Crippen molar-refractivity contribution < 1.29 is 29.8 Å². The molecule has 2 unspecified atom stereocenters. The Morgan fingerprint density at radius 3 is 1.58 bits per heavy atom. The zero-order valence-corrected chi connectivity index (χ0v) is 20.8. The molecule has 31 heavy (non-hydrogen) atoms. The van der Waals surface area contributed by atoms with Crippen LogP contribution in [-0.2, 0) is 14.3 Å². The molecule has 8 heteroatoms. The van der Waals surface area contributed by atoms with E-state index in [9.17, 15) is 20.3 Å². The van der Waals surface area contributed by atoms with Gasteiger partial charge in [0.05, 0.1) is 12.0 Å². The Morgan fingerprint density at radius 2 is 1.19 bits per heavy atom. The van der Waals surface area contributed by atoms with Gasteiger partial charge in [-0.1, -0.05) is 6.92 Å². The molecule has 0 saturated carbocycles. The van der Waals surface area contributed by atoms with Gasteiger partial charge in [0.15, 0.2) is 6.29 Å². The molecule has 0 aliphatic carbocycles. The minimum Gasteiger partial charge on any atom is -0.462 e. The van der Waals surface area contributed by atoms with E-state index in [0.717, 1.165) is 0 Å². The first-order valence-electron chi connectivity index (χ1n) is 11.4. The number of nitrogens with zero attached hydrogens (tertiary/aromatic N) is 2. The van der Waals surface area contributed by atoms with E-state index in [4.69, 9.17) is 9.47 Å². The van der Waals surface area contributed by atoms with Crippen LogP contribution >= 0.6 is 0 Å². The van der Waals surface area contributed by atoms with Crippen LogP contribution in [0.5, 0.6) is 0 Å². The molecule has 2 rings (SSSR count). The second-order valence-corrected chi connectivity index (χ2v) is 12.1. The minimum absolute atomic E-state index is 0.144. The lowest BCUT2D eigenvalue weighted by Crippen LogP contribution is -2.61. The van der Waals surface area contributed by atoms with Crippen molar-refractivity contribution >= 4 is 5.97 Å². The standard InChI is InChI=1S/C23H44N2O6/c1-15(19(27)31-17-13-22(6,7)25(29)23(8,9)14-17)10-18(26)30-16-11-20(2,3)24(28)21(4,5)12-16/h15-18,26,28-29H,10-14H2,1-9H3. The van der Waals surface area contributed by atoms with E-state index >= 15 is 0 Å². The zero-order chi connectivity index (χ0) is 24.0. The summed E-state index contributed by atoms with van der Waals surface area (Å²) in [7, 11) is 0. The second kappa shape index (κ2) is 8.88. The van der Waals surface area contributed by atoms with Gasteiger partial charge in [0.25, 0.3) is 0 Å². The molecule has 0 spiro atoms. The first kappa shape index (κ1) is 26.5. The lowest BCUT2D eigenvalue weighted by molar-refractivity contribution is -0.275. The van der Waals surface area contributed by atoms with Crippen LogP contribution in [0.3, 0.4) is 0 Å². The average molecular weight is 445 g/mol. The van der Waals surface area contributed by atoms with Crippen LogP contribution in [-0.4, -0.2) is 72.3 Å². The third-order valence-corrected chi connectivity index (χ3v) is 6.79. The fourth-order valence-electron chi connectivity index (χ4n) is 5.49. The maximum Gasteiger partial charge on any atom is 0.309 e. The first-order valence-corrected chi connectivity index (χ1v) is 11.4. The topological polar surface area (TPSA) is 103 Å². The monoisotopic (exact) mass is 444 g/mol. The van der Waals surface area contributed by atoms with Crippen molar-refractivity contribution in [3.63, 3.8) is 0 Å². The maximum atomic E-state index is 12.7. The summed E-state index contributed by atoms with van der Waals surface area (Å²) in [6, 6.07) is 0. The third kappa shape index (κ3) is 6.18. The summed E-state index contributed by atoms with van der Waals surface area (Å²) < 4.78 is 11.6. The largest absolute Gasteiger partial charge is 0.462 e. The quantitative estimate of drug-likeness (QED) is 0.421. The lowest BCUT2D eigenvalue weighted by atomic mass is 9.80. The molecule has 2 atom stereocenters. The summed E-state index contributed by atoms with van der Waals surface area (Å²) >= 11 is 0. The highest BCUT2D eigenvalue weighted by molar-refractivity contribution is 5.72. The number of piperidine rings is 2. The van der Waals surface area contributed by atoms with Crippen LogP contribution in [0.2, 0.25) is 0 Å². The van der Waals surface area contributed by atoms with Gasteiger partial charge in [0.2, 0.25) is 0 Å². The van der Waals surface area contributed by atoms with Crippen molar-refractivity contribution in [1.29, 1.82) is 0 Å². The Labute approximate surface area is 187 Å². The van der Waals surface area contributed by atoms with Gasteiger partial charge in [-0.3, -0.25) is 4.79 Å². The van der Waals surface area contributed by atoms with Crippen molar-refractivity contribution in [2.75, 3.05) is 0 Å². The van der Waals surface area contributed by atoms with Gasteiger partial charge in [-0.15, -0.1) is 0 Å². The number of ether oxygens (including phenoxy) is 2. The number of aliphatic hydroxyl groups excluding tert-OH is 1. The van der Waals surface area contributed by atoms with E-state index in [2.05, 4.69) is 0 Å². The molecule has 0 radical (unpaired) electrons. The van der Waals surface area contributed by atoms with Crippen LogP contribution in [0.1, 0.15) is 94.4 Å². The maximum absolute atomic E-state index is 12.7. The molecule has 2 heterocycles. The van der Waals surface area contributed by atoms with Gasteiger partial charge < -0.3 is 25.0 Å². The van der Waals surface area contributed by atoms with Gasteiger partial charge in [0.1, 0.15) is 6.10 Å². The van der Waals surface area contributed by atoms with Crippen LogP contribution in [0, 0.1) is 5.92 Å². The summed E-state index contributed by atoms with van der Waals surface area (Å²) in [5.41, 5.74) is -1.95. The molecule has 182 valence electrons. The van der Waals surface area contributed by atoms with Crippen LogP contribution < -0.4 is 0 Å². The van der Waals surface area contributed by atoms with E-state index in [1.807, 2.05) is 55.4 Å². The Morgan fingerprint density at radius 1 is 0.839 bits per heavy atom. The molecule has 2 aliphatic heterocycles. The van der Waals surface area contributed by atoms with Crippen LogP contribution in [0.4, 0.5) is 0 Å². The molecular weight excluding hydrogens is 400 g/mol. The van der Waals surface area contributed by atoms with Gasteiger partial charge in [0, 0.05) is 41.4 Å². The highest BCUT2D eigenvalue weighted by Gasteiger charge is 2.47. The highest BCUT2D eigenvalue weighted by Crippen LogP contribution is 2.39. The van der Waals surface area contributed by atoms with Crippen molar-refractivity contribution in [2.24, 2.45) is 5.92 Å². The van der Waals surface area contributed by atoms with Gasteiger partial charge in [-0.25, -0.2) is 0 Å². The Hall–Kier alpha value is -0.770. The van der Waals surface area contributed by atoms with E-state index in [1.54, 1.807) is 6.92 Å². The molecular formula is C23H44N2O6. The van der Waals surface area contributed by atoms with E-state index in [0.29, 0.717) is 25.7 Å². The molecule has 0 bridgehead atoms. The summed E-state index contributed by atoms with van der Waals surface area (Å²) in [6.07, 6.45) is 0.766. The molecule has 0 amide bonds. The Kier molecular flexibility index (Phi) is 7.58. The molecule has 3 N–H and O–H groups in total. The normalized spacial score (nSPS) is 28.8. The summed E-state index contributed by atoms with van der Waals surface area (Å²) in [4.78, 5) is 12.7. The molecule has 8 nitrogen and oxygen atoms in total. The number of hydrogen-bond donors (Lipinski definition) is 3. The predicted molar refractivity (Wildman–Crippen MR) is 117 cm³/mol. The fourth-order valence-corrected chi connectivity index (χ4v) is 5.49. The molecule has 2 aliphatic rings. The van der Waals surface area contributed by atoms with Crippen molar-refractivity contribution in [2.45, 2.75) is 135 Å². The van der Waals surface area contributed by atoms with Crippen LogP contribution in [0.15, 0.2) is 0 Å².